The summed E-state index contributed by atoms with van der Waals surface area (Å²) in [6, 6.07) is 8.96. The van der Waals surface area contributed by atoms with Crippen LogP contribution in [0.2, 0.25) is 0 Å². The zero-order valence-corrected chi connectivity index (χ0v) is 12.7. The monoisotopic (exact) mass is 284 g/mol. The lowest BCUT2D eigenvalue weighted by Crippen LogP contribution is -2.43. The second-order valence-electron chi connectivity index (χ2n) is 7.11. The lowest BCUT2D eigenvalue weighted by Gasteiger charge is -2.22. The zero-order chi connectivity index (χ0) is 14.4. The molecule has 1 amide bonds. The summed E-state index contributed by atoms with van der Waals surface area (Å²) in [5, 5.41) is 3.33. The summed E-state index contributed by atoms with van der Waals surface area (Å²) in [7, 11) is 0. The predicted molar refractivity (Wildman–Crippen MR) is 84.4 cm³/mol. The van der Waals surface area contributed by atoms with E-state index in [1.165, 1.54) is 36.9 Å². The van der Waals surface area contributed by atoms with E-state index in [0.717, 1.165) is 18.4 Å². The fourth-order valence-corrected chi connectivity index (χ4v) is 3.81. The van der Waals surface area contributed by atoms with E-state index >= 15 is 0 Å². The SMILES string of the molecule is CC1CN(CC(=O)NC(C2CC2)C2CC2)c2ccccc21. The average Bonchev–Trinajstić information content (AvgIpc) is 3.37. The number of hydrogen-bond donors (Lipinski definition) is 1. The zero-order valence-electron chi connectivity index (χ0n) is 12.7. The Balaban J connectivity index is 1.41. The van der Waals surface area contributed by atoms with Gasteiger partial charge < -0.3 is 10.2 Å². The van der Waals surface area contributed by atoms with Crippen LogP contribution < -0.4 is 10.2 Å². The van der Waals surface area contributed by atoms with E-state index in [1.54, 1.807) is 0 Å². The number of nitrogens with one attached hydrogen (secondary N) is 1. The van der Waals surface area contributed by atoms with Gasteiger partial charge in [0.1, 0.15) is 0 Å². The lowest BCUT2D eigenvalue weighted by molar-refractivity contribution is -0.120. The highest BCUT2D eigenvalue weighted by Crippen LogP contribution is 2.44. The number of amides is 1. The summed E-state index contributed by atoms with van der Waals surface area (Å²) < 4.78 is 0. The maximum Gasteiger partial charge on any atom is 0.239 e. The van der Waals surface area contributed by atoms with E-state index in [-0.39, 0.29) is 5.91 Å². The van der Waals surface area contributed by atoms with Crippen molar-refractivity contribution in [1.29, 1.82) is 0 Å². The summed E-state index contributed by atoms with van der Waals surface area (Å²) in [5.41, 5.74) is 2.63. The maximum atomic E-state index is 12.4. The number of anilines is 1. The molecule has 1 aromatic carbocycles. The van der Waals surface area contributed by atoms with Crippen molar-refractivity contribution in [2.24, 2.45) is 11.8 Å². The van der Waals surface area contributed by atoms with Crippen molar-refractivity contribution in [1.82, 2.24) is 5.32 Å². The van der Waals surface area contributed by atoms with Gasteiger partial charge in [-0.25, -0.2) is 0 Å². The normalized spacial score (nSPS) is 24.3. The molecule has 3 nitrogen and oxygen atoms in total. The average molecular weight is 284 g/mol. The number of para-hydroxylation sites is 1. The number of carbonyl (C=O) groups excluding carboxylic acids is 1. The summed E-state index contributed by atoms with van der Waals surface area (Å²) in [6.07, 6.45) is 5.24. The number of nitrogens with zero attached hydrogens (tertiary/aromatic N) is 1. The molecule has 1 aliphatic heterocycles. The van der Waals surface area contributed by atoms with Gasteiger partial charge in [0.2, 0.25) is 5.91 Å². The van der Waals surface area contributed by atoms with Crippen LogP contribution in [0.4, 0.5) is 5.69 Å². The van der Waals surface area contributed by atoms with Crippen LogP contribution in [0.1, 0.15) is 44.1 Å². The van der Waals surface area contributed by atoms with Gasteiger partial charge >= 0.3 is 0 Å². The van der Waals surface area contributed by atoms with Crippen LogP contribution in [0.25, 0.3) is 0 Å². The Kier molecular flexibility index (Phi) is 3.16. The van der Waals surface area contributed by atoms with Gasteiger partial charge in [-0.05, 0) is 49.1 Å². The van der Waals surface area contributed by atoms with Crippen LogP contribution in [0.15, 0.2) is 24.3 Å². The van der Waals surface area contributed by atoms with Gasteiger partial charge in [0.25, 0.3) is 0 Å². The van der Waals surface area contributed by atoms with Crippen molar-refractivity contribution in [3.05, 3.63) is 29.8 Å². The molecule has 4 rings (SSSR count). The van der Waals surface area contributed by atoms with E-state index in [4.69, 9.17) is 0 Å². The van der Waals surface area contributed by atoms with Gasteiger partial charge in [0.05, 0.1) is 6.54 Å². The molecule has 3 heteroatoms. The van der Waals surface area contributed by atoms with E-state index in [1.807, 2.05) is 0 Å². The molecule has 0 radical (unpaired) electrons. The Morgan fingerprint density at radius 2 is 1.90 bits per heavy atom. The first-order valence-electron chi connectivity index (χ1n) is 8.35. The summed E-state index contributed by atoms with van der Waals surface area (Å²) >= 11 is 0. The molecule has 0 bridgehead atoms. The van der Waals surface area contributed by atoms with E-state index in [0.29, 0.717) is 18.5 Å². The number of hydrogen-bond acceptors (Lipinski definition) is 2. The highest BCUT2D eigenvalue weighted by molar-refractivity contribution is 5.83. The minimum Gasteiger partial charge on any atom is -0.361 e. The maximum absolute atomic E-state index is 12.4. The first-order chi connectivity index (χ1) is 10.2. The number of benzene rings is 1. The molecule has 1 heterocycles. The molecule has 0 aromatic heterocycles. The quantitative estimate of drug-likeness (QED) is 0.901. The molecule has 1 atom stereocenters. The van der Waals surface area contributed by atoms with Gasteiger partial charge in [0.15, 0.2) is 0 Å². The van der Waals surface area contributed by atoms with Crippen molar-refractivity contribution in [3.63, 3.8) is 0 Å². The van der Waals surface area contributed by atoms with Crippen molar-refractivity contribution in [3.8, 4) is 0 Å². The fourth-order valence-electron chi connectivity index (χ4n) is 3.81. The molecular formula is C18H24N2O. The third-order valence-electron chi connectivity index (χ3n) is 5.22. The molecule has 1 aromatic rings. The smallest absolute Gasteiger partial charge is 0.239 e. The van der Waals surface area contributed by atoms with E-state index in [9.17, 15) is 4.79 Å². The molecule has 1 N–H and O–H groups in total. The number of rotatable bonds is 5. The first kappa shape index (κ1) is 13.2. The lowest BCUT2D eigenvalue weighted by atomic mass is 10.0. The minimum absolute atomic E-state index is 0.211. The summed E-state index contributed by atoms with van der Waals surface area (Å²) in [4.78, 5) is 14.7. The van der Waals surface area contributed by atoms with Crippen LogP contribution in [-0.2, 0) is 4.79 Å². The molecular weight excluding hydrogens is 260 g/mol. The highest BCUT2D eigenvalue weighted by Gasteiger charge is 2.42. The van der Waals surface area contributed by atoms with Gasteiger partial charge in [0, 0.05) is 24.2 Å². The highest BCUT2D eigenvalue weighted by atomic mass is 16.2. The Hall–Kier alpha value is -1.51. The number of carbonyl (C=O) groups is 1. The minimum atomic E-state index is 0.211. The molecule has 2 saturated carbocycles. The second-order valence-corrected chi connectivity index (χ2v) is 7.11. The van der Waals surface area contributed by atoms with Crippen LogP contribution >= 0.6 is 0 Å². The van der Waals surface area contributed by atoms with Crippen molar-refractivity contribution in [2.45, 2.75) is 44.6 Å². The molecule has 2 aliphatic carbocycles. The van der Waals surface area contributed by atoms with Gasteiger partial charge in [-0.2, -0.15) is 0 Å². The van der Waals surface area contributed by atoms with Gasteiger partial charge in [-0.15, -0.1) is 0 Å². The summed E-state index contributed by atoms with van der Waals surface area (Å²) in [6.45, 7) is 3.72. The second kappa shape index (κ2) is 5.04. The topological polar surface area (TPSA) is 32.3 Å². The van der Waals surface area contributed by atoms with Crippen molar-refractivity contribution in [2.75, 3.05) is 18.0 Å². The molecule has 1 unspecified atom stereocenters. The largest absolute Gasteiger partial charge is 0.361 e. The number of fused-ring (bicyclic) bond motifs is 1. The van der Waals surface area contributed by atoms with Crippen molar-refractivity contribution >= 4 is 11.6 Å². The third-order valence-corrected chi connectivity index (χ3v) is 5.22. The van der Waals surface area contributed by atoms with Crippen LogP contribution in [0.3, 0.4) is 0 Å². The third kappa shape index (κ3) is 2.66. The van der Waals surface area contributed by atoms with E-state index in [2.05, 4.69) is 41.4 Å². The van der Waals surface area contributed by atoms with Gasteiger partial charge in [-0.3, -0.25) is 4.79 Å². The Morgan fingerprint density at radius 3 is 2.57 bits per heavy atom. The fraction of sp³-hybridized carbons (Fsp3) is 0.611. The molecule has 3 aliphatic rings. The molecule has 0 saturated heterocycles. The standard InChI is InChI=1S/C18H24N2O/c1-12-10-20(16-5-3-2-4-15(12)16)11-17(21)19-18(13-6-7-13)14-8-9-14/h2-5,12-14,18H,6-11H2,1H3,(H,19,21). The Morgan fingerprint density at radius 1 is 1.24 bits per heavy atom. The summed E-state index contributed by atoms with van der Waals surface area (Å²) in [5.74, 6) is 2.27. The van der Waals surface area contributed by atoms with Crippen LogP contribution in [0, 0.1) is 11.8 Å². The molecule has 112 valence electrons. The van der Waals surface area contributed by atoms with Crippen LogP contribution in [-0.4, -0.2) is 25.0 Å². The molecule has 2 fully saturated rings. The first-order valence-corrected chi connectivity index (χ1v) is 8.35. The van der Waals surface area contributed by atoms with Crippen molar-refractivity contribution < 1.29 is 4.79 Å². The Bertz CT molecular complexity index is 536. The Labute approximate surface area is 126 Å². The molecule has 21 heavy (non-hydrogen) atoms. The van der Waals surface area contributed by atoms with E-state index < -0.39 is 0 Å². The molecule has 0 spiro atoms. The predicted octanol–water partition coefficient (Wildman–Crippen LogP) is 2.91. The van der Waals surface area contributed by atoms with Crippen LogP contribution in [0.5, 0.6) is 0 Å². The van der Waals surface area contributed by atoms with Gasteiger partial charge in [-0.1, -0.05) is 25.1 Å².